The van der Waals surface area contributed by atoms with Crippen molar-refractivity contribution in [2.45, 2.75) is 56.7 Å². The Morgan fingerprint density at radius 1 is 1.04 bits per heavy atom. The lowest BCUT2D eigenvalue weighted by Gasteiger charge is -2.29. The number of nitrogens with one attached hydrogen (secondary N) is 2. The van der Waals surface area contributed by atoms with E-state index in [0.717, 1.165) is 44.3 Å². The highest BCUT2D eigenvalue weighted by Crippen LogP contribution is 2.24. The van der Waals surface area contributed by atoms with E-state index < -0.39 is 0 Å². The zero-order valence-electron chi connectivity index (χ0n) is 13.9. The fourth-order valence-electron chi connectivity index (χ4n) is 3.41. The maximum atomic E-state index is 12.7. The van der Waals surface area contributed by atoms with Gasteiger partial charge >= 0.3 is 5.97 Å². The fourth-order valence-corrected chi connectivity index (χ4v) is 3.41. The van der Waals surface area contributed by atoms with Gasteiger partial charge < -0.3 is 10.1 Å². The summed E-state index contributed by atoms with van der Waals surface area (Å²) in [6, 6.07) is 9.99. The first-order valence-corrected chi connectivity index (χ1v) is 8.55. The molecule has 1 heterocycles. The summed E-state index contributed by atoms with van der Waals surface area (Å²) < 4.78 is 5.75. The number of piperidine rings is 1. The molecule has 2 fully saturated rings. The number of halogens is 2. The molecule has 0 aromatic heterocycles. The first kappa shape index (κ1) is 21.2. The Morgan fingerprint density at radius 2 is 1.67 bits per heavy atom. The van der Waals surface area contributed by atoms with Crippen LogP contribution in [0.15, 0.2) is 30.3 Å². The first-order chi connectivity index (χ1) is 10.8. The topological polar surface area (TPSA) is 50.4 Å². The van der Waals surface area contributed by atoms with Gasteiger partial charge in [-0.1, -0.05) is 30.3 Å². The second kappa shape index (κ2) is 10.9. The van der Waals surface area contributed by atoms with Gasteiger partial charge in [-0.25, -0.2) is 4.79 Å². The van der Waals surface area contributed by atoms with Crippen LogP contribution in [-0.2, 0) is 9.53 Å². The van der Waals surface area contributed by atoms with Crippen LogP contribution in [0.4, 0.5) is 0 Å². The summed E-state index contributed by atoms with van der Waals surface area (Å²) in [6.45, 7) is 2.02. The van der Waals surface area contributed by atoms with Gasteiger partial charge in [0.25, 0.3) is 0 Å². The lowest BCUT2D eigenvalue weighted by Crippen LogP contribution is -2.44. The normalized spacial score (nSPS) is 19.8. The Kier molecular flexibility index (Phi) is 9.67. The summed E-state index contributed by atoms with van der Waals surface area (Å²) in [5.74, 6) is -0.114. The number of hydrogen-bond donors (Lipinski definition) is 2. The number of ether oxygens (including phenoxy) is 1. The van der Waals surface area contributed by atoms with Crippen molar-refractivity contribution in [3.63, 3.8) is 0 Å². The molecule has 0 amide bonds. The van der Waals surface area contributed by atoms with E-state index >= 15 is 0 Å². The molecule has 0 bridgehead atoms. The molecule has 4 nitrogen and oxygen atoms in total. The predicted molar refractivity (Wildman–Crippen MR) is 101 cm³/mol. The molecule has 1 aromatic rings. The third-order valence-electron chi connectivity index (χ3n) is 4.70. The predicted octanol–water partition coefficient (Wildman–Crippen LogP) is 3.40. The minimum atomic E-state index is -0.343. The third-order valence-corrected chi connectivity index (χ3v) is 4.70. The highest BCUT2D eigenvalue weighted by molar-refractivity contribution is 5.85. The van der Waals surface area contributed by atoms with E-state index in [1.165, 1.54) is 12.8 Å². The molecule has 3 rings (SSSR count). The third kappa shape index (κ3) is 5.92. The molecule has 24 heavy (non-hydrogen) atoms. The van der Waals surface area contributed by atoms with E-state index in [4.69, 9.17) is 4.74 Å². The largest absolute Gasteiger partial charge is 0.461 e. The van der Waals surface area contributed by atoms with Crippen molar-refractivity contribution < 1.29 is 9.53 Å². The van der Waals surface area contributed by atoms with E-state index in [9.17, 15) is 4.79 Å². The van der Waals surface area contributed by atoms with Crippen molar-refractivity contribution in [3.8, 4) is 0 Å². The van der Waals surface area contributed by atoms with E-state index in [1.54, 1.807) is 0 Å². The summed E-state index contributed by atoms with van der Waals surface area (Å²) in [4.78, 5) is 12.7. The SMILES string of the molecule is Cl.Cl.O=C(OC1CCCC1)[C@@H](NC1CCNCC1)c1ccccc1. The second-order valence-electron chi connectivity index (χ2n) is 6.38. The average molecular weight is 375 g/mol. The van der Waals surface area contributed by atoms with Crippen molar-refractivity contribution in [1.82, 2.24) is 10.6 Å². The molecule has 6 heteroatoms. The molecule has 2 N–H and O–H groups in total. The summed E-state index contributed by atoms with van der Waals surface area (Å²) in [6.07, 6.45) is 6.61. The van der Waals surface area contributed by atoms with Gasteiger partial charge in [0.15, 0.2) is 0 Å². The van der Waals surface area contributed by atoms with Crippen LogP contribution in [0.3, 0.4) is 0 Å². The molecule has 1 atom stereocenters. The fraction of sp³-hybridized carbons (Fsp3) is 0.611. The molecular weight excluding hydrogens is 347 g/mol. The number of hydrogen-bond acceptors (Lipinski definition) is 4. The summed E-state index contributed by atoms with van der Waals surface area (Å²) in [5, 5.41) is 6.89. The maximum absolute atomic E-state index is 12.7. The lowest BCUT2D eigenvalue weighted by atomic mass is 10.0. The quantitative estimate of drug-likeness (QED) is 0.775. The van der Waals surface area contributed by atoms with Crippen LogP contribution in [0.5, 0.6) is 0 Å². The maximum Gasteiger partial charge on any atom is 0.328 e. The van der Waals surface area contributed by atoms with E-state index in [1.807, 2.05) is 30.3 Å². The molecule has 0 radical (unpaired) electrons. The summed E-state index contributed by atoms with van der Waals surface area (Å²) >= 11 is 0. The number of benzene rings is 1. The van der Waals surface area contributed by atoms with Gasteiger partial charge in [-0.05, 0) is 57.2 Å². The Morgan fingerprint density at radius 3 is 2.29 bits per heavy atom. The number of carbonyl (C=O) groups is 1. The first-order valence-electron chi connectivity index (χ1n) is 8.55. The highest BCUT2D eigenvalue weighted by atomic mass is 35.5. The smallest absolute Gasteiger partial charge is 0.328 e. The van der Waals surface area contributed by atoms with Crippen molar-refractivity contribution in [1.29, 1.82) is 0 Å². The van der Waals surface area contributed by atoms with Gasteiger partial charge in [0.05, 0.1) is 0 Å². The van der Waals surface area contributed by atoms with Crippen molar-refractivity contribution in [3.05, 3.63) is 35.9 Å². The minimum absolute atomic E-state index is 0. The molecule has 1 aliphatic heterocycles. The molecule has 0 spiro atoms. The van der Waals surface area contributed by atoms with Gasteiger partial charge in [-0.15, -0.1) is 24.8 Å². The molecule has 0 unspecified atom stereocenters. The number of esters is 1. The summed E-state index contributed by atoms with van der Waals surface area (Å²) in [7, 11) is 0. The van der Waals surface area contributed by atoms with Crippen LogP contribution in [0.25, 0.3) is 0 Å². The minimum Gasteiger partial charge on any atom is -0.461 e. The van der Waals surface area contributed by atoms with Gasteiger partial charge in [-0.2, -0.15) is 0 Å². The molecule has 1 aromatic carbocycles. The highest BCUT2D eigenvalue weighted by Gasteiger charge is 2.29. The molecule has 1 saturated carbocycles. The van der Waals surface area contributed by atoms with Crippen molar-refractivity contribution in [2.24, 2.45) is 0 Å². The average Bonchev–Trinajstić information content (AvgIpc) is 3.07. The van der Waals surface area contributed by atoms with E-state index in [0.29, 0.717) is 6.04 Å². The van der Waals surface area contributed by atoms with Crippen LogP contribution in [0.1, 0.15) is 50.1 Å². The summed E-state index contributed by atoms with van der Waals surface area (Å²) in [5.41, 5.74) is 1.00. The van der Waals surface area contributed by atoms with Crippen LogP contribution >= 0.6 is 24.8 Å². The van der Waals surface area contributed by atoms with E-state index in [2.05, 4.69) is 10.6 Å². The van der Waals surface area contributed by atoms with Crippen molar-refractivity contribution in [2.75, 3.05) is 13.1 Å². The Balaban J connectivity index is 0.00000144. The number of carbonyl (C=O) groups excluding carboxylic acids is 1. The zero-order valence-corrected chi connectivity index (χ0v) is 15.5. The van der Waals surface area contributed by atoms with Crippen LogP contribution in [-0.4, -0.2) is 31.2 Å². The lowest BCUT2D eigenvalue weighted by molar-refractivity contribution is -0.151. The van der Waals surface area contributed by atoms with Crippen LogP contribution in [0, 0.1) is 0 Å². The molecule has 2 aliphatic rings. The standard InChI is InChI=1S/C18H26N2O2.2ClH/c21-18(22-16-8-4-5-9-16)17(14-6-2-1-3-7-14)20-15-10-12-19-13-11-15;;/h1-3,6-7,15-17,19-20H,4-5,8-13H2;2*1H/t17-;;/m0../s1. The van der Waals surface area contributed by atoms with Crippen LogP contribution in [0.2, 0.25) is 0 Å². The van der Waals surface area contributed by atoms with Crippen molar-refractivity contribution >= 4 is 30.8 Å². The zero-order chi connectivity index (χ0) is 15.2. The number of rotatable bonds is 5. The Labute approximate surface area is 156 Å². The second-order valence-corrected chi connectivity index (χ2v) is 6.38. The Bertz CT molecular complexity index is 475. The van der Waals surface area contributed by atoms with Gasteiger partial charge in [0.1, 0.15) is 12.1 Å². The van der Waals surface area contributed by atoms with Crippen LogP contribution < -0.4 is 10.6 Å². The molecule has 1 aliphatic carbocycles. The van der Waals surface area contributed by atoms with Gasteiger partial charge in [-0.3, -0.25) is 5.32 Å². The molecule has 136 valence electrons. The van der Waals surface area contributed by atoms with Gasteiger partial charge in [0, 0.05) is 6.04 Å². The molecular formula is C18H28Cl2N2O2. The Hall–Kier alpha value is -0.810. The van der Waals surface area contributed by atoms with E-state index in [-0.39, 0.29) is 42.9 Å². The monoisotopic (exact) mass is 374 g/mol. The molecule has 1 saturated heterocycles. The van der Waals surface area contributed by atoms with Gasteiger partial charge in [0.2, 0.25) is 0 Å².